The van der Waals surface area contributed by atoms with Crippen LogP contribution in [0.25, 0.3) is 0 Å². The lowest BCUT2D eigenvalue weighted by atomic mass is 10.3. The molecule has 0 spiro atoms. The van der Waals surface area contributed by atoms with Crippen LogP contribution >= 0.6 is 23.4 Å². The fourth-order valence-electron chi connectivity index (χ4n) is 1.37. The van der Waals surface area contributed by atoms with E-state index in [0.717, 1.165) is 5.75 Å². The molecule has 0 bridgehead atoms. The maximum absolute atomic E-state index is 5.89. The molecule has 0 heterocycles. The normalized spacial score (nSPS) is 10.2. The van der Waals surface area contributed by atoms with Gasteiger partial charge in [0.25, 0.3) is 0 Å². The van der Waals surface area contributed by atoms with Crippen molar-refractivity contribution in [3.05, 3.63) is 47.5 Å². The van der Waals surface area contributed by atoms with Gasteiger partial charge in [0.15, 0.2) is 5.75 Å². The van der Waals surface area contributed by atoms with Crippen LogP contribution in [0.3, 0.4) is 0 Å². The largest absolute Gasteiger partial charge is 0.455 e. The molecule has 0 aliphatic heterocycles. The summed E-state index contributed by atoms with van der Waals surface area (Å²) in [5.41, 5.74) is 6.38. The number of nitrogens with two attached hydrogens (primary N) is 1. The Morgan fingerprint density at radius 3 is 2.47 bits per heavy atom. The third-order valence-electron chi connectivity index (χ3n) is 2.26. The summed E-state index contributed by atoms with van der Waals surface area (Å²) in [5.74, 6) is 1.33. The second kappa shape index (κ2) is 5.34. The van der Waals surface area contributed by atoms with Crippen molar-refractivity contribution in [2.45, 2.75) is 4.90 Å². The van der Waals surface area contributed by atoms with Crippen molar-refractivity contribution in [1.82, 2.24) is 0 Å². The van der Waals surface area contributed by atoms with Crippen LogP contribution < -0.4 is 10.5 Å². The van der Waals surface area contributed by atoms with E-state index in [9.17, 15) is 0 Å². The SMILES string of the molecule is CSc1ccc(Oc2cc(Cl)ccc2N)cc1. The summed E-state index contributed by atoms with van der Waals surface area (Å²) in [6, 6.07) is 13.0. The lowest BCUT2D eigenvalue weighted by Crippen LogP contribution is -1.91. The van der Waals surface area contributed by atoms with Crippen LogP contribution in [0.2, 0.25) is 5.02 Å². The number of hydrogen-bond acceptors (Lipinski definition) is 3. The average molecular weight is 266 g/mol. The maximum Gasteiger partial charge on any atom is 0.151 e. The average Bonchev–Trinajstić information content (AvgIpc) is 2.35. The highest BCUT2D eigenvalue weighted by molar-refractivity contribution is 7.98. The predicted molar refractivity (Wildman–Crippen MR) is 74.2 cm³/mol. The van der Waals surface area contributed by atoms with Crippen LogP contribution in [0.1, 0.15) is 0 Å². The minimum Gasteiger partial charge on any atom is -0.455 e. The topological polar surface area (TPSA) is 35.2 Å². The third-order valence-corrected chi connectivity index (χ3v) is 3.24. The van der Waals surface area contributed by atoms with Gasteiger partial charge in [0, 0.05) is 16.0 Å². The molecule has 2 rings (SSSR count). The zero-order valence-electron chi connectivity index (χ0n) is 9.31. The van der Waals surface area contributed by atoms with Crippen molar-refractivity contribution in [3.63, 3.8) is 0 Å². The van der Waals surface area contributed by atoms with E-state index < -0.39 is 0 Å². The molecule has 0 saturated carbocycles. The number of ether oxygens (including phenoxy) is 1. The highest BCUT2D eigenvalue weighted by Gasteiger charge is 2.03. The summed E-state index contributed by atoms with van der Waals surface area (Å²) in [4.78, 5) is 1.19. The van der Waals surface area contributed by atoms with Crippen LogP contribution in [-0.2, 0) is 0 Å². The molecule has 2 aromatic carbocycles. The van der Waals surface area contributed by atoms with Crippen LogP contribution in [0.15, 0.2) is 47.4 Å². The van der Waals surface area contributed by atoms with Gasteiger partial charge in [-0.2, -0.15) is 0 Å². The van der Waals surface area contributed by atoms with Crippen LogP contribution in [-0.4, -0.2) is 6.26 Å². The molecular weight excluding hydrogens is 254 g/mol. The number of benzene rings is 2. The Morgan fingerprint density at radius 2 is 1.82 bits per heavy atom. The number of nitrogen functional groups attached to an aromatic ring is 1. The monoisotopic (exact) mass is 265 g/mol. The Hall–Kier alpha value is -1.32. The van der Waals surface area contributed by atoms with Crippen LogP contribution in [0.5, 0.6) is 11.5 Å². The van der Waals surface area contributed by atoms with Crippen molar-refractivity contribution in [2.75, 3.05) is 12.0 Å². The van der Waals surface area contributed by atoms with Crippen molar-refractivity contribution >= 4 is 29.1 Å². The highest BCUT2D eigenvalue weighted by Crippen LogP contribution is 2.30. The van der Waals surface area contributed by atoms with E-state index in [2.05, 4.69) is 0 Å². The van der Waals surface area contributed by atoms with E-state index in [1.165, 1.54) is 4.90 Å². The van der Waals surface area contributed by atoms with Gasteiger partial charge in [-0.15, -0.1) is 11.8 Å². The molecule has 0 aliphatic rings. The highest BCUT2D eigenvalue weighted by atomic mass is 35.5. The summed E-state index contributed by atoms with van der Waals surface area (Å²) >= 11 is 7.58. The Bertz CT molecular complexity index is 513. The molecule has 0 atom stereocenters. The quantitative estimate of drug-likeness (QED) is 0.658. The maximum atomic E-state index is 5.89. The number of anilines is 1. The van der Waals surface area contributed by atoms with Gasteiger partial charge < -0.3 is 10.5 Å². The third kappa shape index (κ3) is 3.08. The van der Waals surface area contributed by atoms with E-state index in [-0.39, 0.29) is 0 Å². The first kappa shape index (κ1) is 12.1. The van der Waals surface area contributed by atoms with Gasteiger partial charge >= 0.3 is 0 Å². The lowest BCUT2D eigenvalue weighted by Gasteiger charge is -2.09. The second-order valence-electron chi connectivity index (χ2n) is 3.46. The minimum absolute atomic E-state index is 0.573. The zero-order valence-corrected chi connectivity index (χ0v) is 10.9. The Morgan fingerprint density at radius 1 is 1.12 bits per heavy atom. The van der Waals surface area contributed by atoms with Crippen LogP contribution in [0, 0.1) is 0 Å². The second-order valence-corrected chi connectivity index (χ2v) is 4.78. The summed E-state index contributed by atoms with van der Waals surface area (Å²) in [7, 11) is 0. The molecule has 0 unspecified atom stereocenters. The molecule has 88 valence electrons. The molecule has 4 heteroatoms. The van der Waals surface area contributed by atoms with Crippen LogP contribution in [0.4, 0.5) is 5.69 Å². The lowest BCUT2D eigenvalue weighted by molar-refractivity contribution is 0.484. The number of rotatable bonds is 3. The molecule has 2 N–H and O–H groups in total. The molecule has 2 aromatic rings. The first-order chi connectivity index (χ1) is 8.19. The molecule has 0 radical (unpaired) electrons. The number of halogens is 1. The molecule has 0 amide bonds. The zero-order chi connectivity index (χ0) is 12.3. The number of hydrogen-bond donors (Lipinski definition) is 1. The fourth-order valence-corrected chi connectivity index (χ4v) is 1.94. The van der Waals surface area contributed by atoms with Gasteiger partial charge in [0.05, 0.1) is 5.69 Å². The molecule has 17 heavy (non-hydrogen) atoms. The standard InChI is InChI=1S/C13H12ClNOS/c1-17-11-5-3-10(4-6-11)16-13-8-9(14)2-7-12(13)15/h2-8H,15H2,1H3. The van der Waals surface area contributed by atoms with E-state index in [0.29, 0.717) is 16.5 Å². The summed E-state index contributed by atoms with van der Waals surface area (Å²) in [5, 5.41) is 0.606. The van der Waals surface area contributed by atoms with Crippen molar-refractivity contribution in [3.8, 4) is 11.5 Å². The Balaban J connectivity index is 2.22. The first-order valence-electron chi connectivity index (χ1n) is 5.06. The molecule has 0 aliphatic carbocycles. The number of thioether (sulfide) groups is 1. The minimum atomic E-state index is 0.573. The van der Waals surface area contributed by atoms with Gasteiger partial charge in [0.2, 0.25) is 0 Å². The van der Waals surface area contributed by atoms with Gasteiger partial charge in [-0.25, -0.2) is 0 Å². The fraction of sp³-hybridized carbons (Fsp3) is 0.0769. The Kier molecular flexibility index (Phi) is 3.82. The molecular formula is C13H12ClNOS. The van der Waals surface area contributed by atoms with Gasteiger partial charge in [-0.3, -0.25) is 0 Å². The molecule has 0 saturated heterocycles. The summed E-state index contributed by atoms with van der Waals surface area (Å²) in [6.45, 7) is 0. The summed E-state index contributed by atoms with van der Waals surface area (Å²) < 4.78 is 5.67. The van der Waals surface area contributed by atoms with Crippen molar-refractivity contribution in [1.29, 1.82) is 0 Å². The smallest absolute Gasteiger partial charge is 0.151 e. The van der Waals surface area contributed by atoms with E-state index in [1.807, 2.05) is 30.5 Å². The van der Waals surface area contributed by atoms with Gasteiger partial charge in [-0.1, -0.05) is 11.6 Å². The van der Waals surface area contributed by atoms with Crippen molar-refractivity contribution < 1.29 is 4.74 Å². The molecule has 2 nitrogen and oxygen atoms in total. The molecule has 0 fully saturated rings. The Labute approximate surface area is 110 Å². The predicted octanol–water partition coefficient (Wildman–Crippen LogP) is 4.44. The van der Waals surface area contributed by atoms with Crippen molar-refractivity contribution in [2.24, 2.45) is 0 Å². The van der Waals surface area contributed by atoms with E-state index in [1.54, 1.807) is 30.0 Å². The van der Waals surface area contributed by atoms with Gasteiger partial charge in [-0.05, 0) is 42.7 Å². The summed E-state index contributed by atoms with van der Waals surface area (Å²) in [6.07, 6.45) is 2.03. The van der Waals surface area contributed by atoms with E-state index in [4.69, 9.17) is 22.1 Å². The first-order valence-corrected chi connectivity index (χ1v) is 6.66. The molecule has 0 aromatic heterocycles. The van der Waals surface area contributed by atoms with Gasteiger partial charge in [0.1, 0.15) is 5.75 Å². The van der Waals surface area contributed by atoms with E-state index >= 15 is 0 Å².